The van der Waals surface area contributed by atoms with Crippen LogP contribution < -0.4 is 15.6 Å². The third-order valence-corrected chi connectivity index (χ3v) is 9.72. The number of nitro benzene ring substituents is 2. The highest BCUT2D eigenvalue weighted by Crippen LogP contribution is 2.26. The van der Waals surface area contributed by atoms with Gasteiger partial charge in [-0.15, -0.1) is 0 Å². The Morgan fingerprint density at radius 3 is 1.45 bits per heavy atom. The van der Waals surface area contributed by atoms with Gasteiger partial charge in [0.2, 0.25) is 0 Å². The number of rotatable bonds is 5. The number of halogens is 3. The molecule has 148 valence electrons. The second-order valence-corrected chi connectivity index (χ2v) is 11.8. The molecule has 0 atom stereocenters. The zero-order chi connectivity index (χ0) is 21.3. The molecule has 0 radical (unpaired) electrons. The molecule has 29 heavy (non-hydrogen) atoms. The van der Waals surface area contributed by atoms with Gasteiger partial charge < -0.3 is 4.80 Å². The van der Waals surface area contributed by atoms with Crippen LogP contribution in [-0.4, -0.2) is 23.0 Å². The first kappa shape index (κ1) is 21.8. The Kier molecular flexibility index (Phi) is 6.34. The predicted molar refractivity (Wildman–Crippen MR) is 123 cm³/mol. The molecule has 0 fully saturated rings. The largest absolute Gasteiger partial charge is 0.421 e. The third kappa shape index (κ3) is 4.19. The molecule has 0 bridgehead atoms. The molecule has 0 saturated heterocycles. The van der Waals surface area contributed by atoms with E-state index >= 15 is 0 Å². The predicted octanol–water partition coefficient (Wildman–Crippen LogP) is 3.75. The van der Waals surface area contributed by atoms with Crippen LogP contribution in [0.3, 0.4) is 0 Å². The second-order valence-electron chi connectivity index (χ2n) is 6.06. The van der Waals surface area contributed by atoms with E-state index in [0.717, 1.165) is 4.47 Å². The van der Waals surface area contributed by atoms with Crippen molar-refractivity contribution in [2.75, 3.05) is 0 Å². The smallest absolute Gasteiger partial charge is 0.286 e. The molecule has 0 amide bonds. The quantitative estimate of drug-likeness (QED) is 0.207. The van der Waals surface area contributed by atoms with Crippen molar-refractivity contribution in [2.24, 2.45) is 0 Å². The van der Waals surface area contributed by atoms with E-state index in [1.54, 1.807) is 36.4 Å². The first-order chi connectivity index (χ1) is 13.6. The van der Waals surface area contributed by atoms with E-state index in [1.165, 1.54) is 24.3 Å². The standard InChI is InChI=1S/C18H11Br3N2O5Si/c19-11-1-3-12(4-2-11)29(28,13-5-7-15(20)17(9-13)22(24)25)14-6-8-16(21)18(10-14)23(26)27/h1-10,28H. The molecule has 0 aliphatic heterocycles. The van der Waals surface area contributed by atoms with Gasteiger partial charge in [0.1, 0.15) is 0 Å². The lowest BCUT2D eigenvalue weighted by atomic mass is 10.3. The summed E-state index contributed by atoms with van der Waals surface area (Å²) in [6.45, 7) is 0. The average Bonchev–Trinajstić information content (AvgIpc) is 2.68. The van der Waals surface area contributed by atoms with Crippen LogP contribution in [0.2, 0.25) is 0 Å². The lowest BCUT2D eigenvalue weighted by molar-refractivity contribution is -0.385. The van der Waals surface area contributed by atoms with Crippen molar-refractivity contribution >= 4 is 83.0 Å². The van der Waals surface area contributed by atoms with Crippen LogP contribution in [0.15, 0.2) is 74.1 Å². The highest BCUT2D eigenvalue weighted by Gasteiger charge is 2.41. The Morgan fingerprint density at radius 1 is 0.690 bits per heavy atom. The van der Waals surface area contributed by atoms with Crippen molar-refractivity contribution in [3.8, 4) is 0 Å². The summed E-state index contributed by atoms with van der Waals surface area (Å²) in [7, 11) is -3.77. The van der Waals surface area contributed by atoms with Crippen LogP contribution in [0, 0.1) is 20.2 Å². The Bertz CT molecular complexity index is 1060. The molecule has 0 heterocycles. The van der Waals surface area contributed by atoms with Gasteiger partial charge in [0.05, 0.1) is 18.8 Å². The van der Waals surface area contributed by atoms with E-state index in [9.17, 15) is 25.0 Å². The Labute approximate surface area is 191 Å². The Morgan fingerprint density at radius 2 is 1.07 bits per heavy atom. The molecule has 11 heteroatoms. The topological polar surface area (TPSA) is 107 Å². The zero-order valence-corrected chi connectivity index (χ0v) is 20.1. The summed E-state index contributed by atoms with van der Waals surface area (Å²) >= 11 is 9.65. The molecule has 0 aromatic heterocycles. The van der Waals surface area contributed by atoms with E-state index in [2.05, 4.69) is 47.8 Å². The molecule has 7 nitrogen and oxygen atoms in total. The van der Waals surface area contributed by atoms with Gasteiger partial charge in [0.25, 0.3) is 19.7 Å². The number of hydrogen-bond acceptors (Lipinski definition) is 5. The van der Waals surface area contributed by atoms with Crippen molar-refractivity contribution in [1.29, 1.82) is 0 Å². The van der Waals surface area contributed by atoms with E-state index in [1.807, 2.05) is 0 Å². The molecule has 1 N–H and O–H groups in total. The van der Waals surface area contributed by atoms with Crippen molar-refractivity contribution in [2.45, 2.75) is 0 Å². The molecule has 0 aliphatic rings. The van der Waals surface area contributed by atoms with Crippen LogP contribution in [0.5, 0.6) is 0 Å². The molecule has 3 rings (SSSR count). The summed E-state index contributed by atoms with van der Waals surface area (Å²) < 4.78 is 1.35. The Balaban J connectivity index is 2.33. The number of benzene rings is 3. The summed E-state index contributed by atoms with van der Waals surface area (Å²) in [5.74, 6) is 0. The van der Waals surface area contributed by atoms with Crippen molar-refractivity contribution in [3.63, 3.8) is 0 Å². The number of hydrogen-bond donors (Lipinski definition) is 1. The van der Waals surface area contributed by atoms with Crippen LogP contribution >= 0.6 is 47.8 Å². The van der Waals surface area contributed by atoms with Gasteiger partial charge >= 0.3 is 0 Å². The van der Waals surface area contributed by atoms with Gasteiger partial charge in [-0.2, -0.15) is 0 Å². The van der Waals surface area contributed by atoms with Gasteiger partial charge in [-0.1, -0.05) is 40.2 Å². The van der Waals surface area contributed by atoms with Crippen LogP contribution in [0.1, 0.15) is 0 Å². The fourth-order valence-electron chi connectivity index (χ4n) is 2.95. The van der Waals surface area contributed by atoms with Crippen LogP contribution in [-0.2, 0) is 0 Å². The van der Waals surface area contributed by atoms with E-state index in [4.69, 9.17) is 0 Å². The SMILES string of the molecule is O=[N+]([O-])c1cc([Si](O)(c2ccc(Br)cc2)c2ccc(Br)c([N+](=O)[O-])c2)ccc1Br. The first-order valence-electron chi connectivity index (χ1n) is 8.02. The minimum absolute atomic E-state index is 0.197. The van der Waals surface area contributed by atoms with Crippen LogP contribution in [0.4, 0.5) is 11.4 Å². The van der Waals surface area contributed by atoms with E-state index in [0.29, 0.717) is 15.6 Å². The van der Waals surface area contributed by atoms with Crippen molar-refractivity contribution < 1.29 is 14.6 Å². The number of nitrogens with zero attached hydrogens (tertiary/aromatic N) is 2. The van der Waals surface area contributed by atoms with Gasteiger partial charge in [-0.05, 0) is 71.7 Å². The molecule has 0 spiro atoms. The van der Waals surface area contributed by atoms with E-state index < -0.39 is 18.2 Å². The van der Waals surface area contributed by atoms with Crippen LogP contribution in [0.25, 0.3) is 0 Å². The number of nitro groups is 2. The lowest BCUT2D eigenvalue weighted by Gasteiger charge is -2.27. The summed E-state index contributed by atoms with van der Waals surface area (Å²) in [5, 5.41) is 24.0. The van der Waals surface area contributed by atoms with Crippen molar-refractivity contribution in [3.05, 3.63) is 94.3 Å². The fourth-order valence-corrected chi connectivity index (χ4v) is 6.98. The summed E-state index contributed by atoms with van der Waals surface area (Å²) in [6.07, 6.45) is 0. The monoisotopic (exact) mass is 600 g/mol. The highest BCUT2D eigenvalue weighted by atomic mass is 79.9. The zero-order valence-electron chi connectivity index (χ0n) is 14.4. The Hall–Kier alpha value is -1.92. The average molecular weight is 603 g/mol. The van der Waals surface area contributed by atoms with E-state index in [-0.39, 0.29) is 20.3 Å². The van der Waals surface area contributed by atoms with Crippen molar-refractivity contribution in [1.82, 2.24) is 0 Å². The minimum Gasteiger partial charge on any atom is -0.421 e. The maximum atomic E-state index is 12.0. The fraction of sp³-hybridized carbons (Fsp3) is 0. The van der Waals surface area contributed by atoms with Gasteiger partial charge in [0, 0.05) is 16.6 Å². The first-order valence-corrected chi connectivity index (χ1v) is 12.3. The molecule has 3 aromatic carbocycles. The summed E-state index contributed by atoms with van der Waals surface area (Å²) in [6, 6.07) is 15.7. The summed E-state index contributed by atoms with van der Waals surface area (Å²) in [5.41, 5.74) is -0.394. The third-order valence-electron chi connectivity index (χ3n) is 4.38. The second kappa shape index (κ2) is 8.44. The normalized spacial score (nSPS) is 11.3. The maximum absolute atomic E-state index is 12.0. The molecular formula is C18H11Br3N2O5Si. The molecule has 0 unspecified atom stereocenters. The molecule has 0 aliphatic carbocycles. The maximum Gasteiger partial charge on any atom is 0.286 e. The summed E-state index contributed by atoms with van der Waals surface area (Å²) in [4.78, 5) is 33.7. The molecular weight excluding hydrogens is 592 g/mol. The highest BCUT2D eigenvalue weighted by molar-refractivity contribution is 9.11. The van der Waals surface area contributed by atoms with Gasteiger partial charge in [0.15, 0.2) is 0 Å². The minimum atomic E-state index is -3.77. The van der Waals surface area contributed by atoms with Gasteiger partial charge in [-0.25, -0.2) is 0 Å². The molecule has 3 aromatic rings. The van der Waals surface area contributed by atoms with Gasteiger partial charge in [-0.3, -0.25) is 20.2 Å². The molecule has 0 saturated carbocycles. The lowest BCUT2D eigenvalue weighted by Crippen LogP contribution is -2.67.